The maximum absolute atomic E-state index is 5.55. The fraction of sp³-hybridized carbons (Fsp3) is 0.706. The fourth-order valence-electron chi connectivity index (χ4n) is 2.54. The average Bonchev–Trinajstić information content (AvgIpc) is 2.76. The number of ether oxygens (including phenoxy) is 1. The number of hydrogen-bond donors (Lipinski definition) is 1. The van der Waals surface area contributed by atoms with E-state index < -0.39 is 0 Å². The maximum Gasteiger partial charge on any atom is 0.129 e. The third-order valence-electron chi connectivity index (χ3n) is 3.79. The van der Waals surface area contributed by atoms with Crippen molar-refractivity contribution >= 4 is 5.82 Å². The Morgan fingerprint density at radius 2 is 2.14 bits per heavy atom. The van der Waals surface area contributed by atoms with E-state index in [1.807, 2.05) is 0 Å². The van der Waals surface area contributed by atoms with E-state index in [1.165, 1.54) is 17.7 Å². The molecular weight excluding hydrogens is 262 g/mol. The van der Waals surface area contributed by atoms with Gasteiger partial charge in [-0.25, -0.2) is 4.98 Å². The van der Waals surface area contributed by atoms with Gasteiger partial charge in [-0.05, 0) is 43.0 Å². The Hall–Kier alpha value is -1.13. The number of anilines is 1. The molecule has 1 saturated heterocycles. The molecular formula is C17H29N3O. The van der Waals surface area contributed by atoms with Crippen LogP contribution in [0, 0.1) is 0 Å². The second-order valence-corrected chi connectivity index (χ2v) is 6.04. The quantitative estimate of drug-likeness (QED) is 0.818. The summed E-state index contributed by atoms with van der Waals surface area (Å²) >= 11 is 0. The van der Waals surface area contributed by atoms with Crippen LogP contribution in [0.1, 0.15) is 50.8 Å². The minimum atomic E-state index is 0.457. The molecule has 118 valence electrons. The molecule has 4 nitrogen and oxygen atoms in total. The highest BCUT2D eigenvalue weighted by molar-refractivity contribution is 5.43. The van der Waals surface area contributed by atoms with Crippen molar-refractivity contribution in [3.05, 3.63) is 23.4 Å². The van der Waals surface area contributed by atoms with E-state index in [4.69, 9.17) is 9.72 Å². The van der Waals surface area contributed by atoms with Crippen molar-refractivity contribution in [3.63, 3.8) is 0 Å². The third-order valence-corrected chi connectivity index (χ3v) is 3.79. The highest BCUT2D eigenvalue weighted by atomic mass is 16.5. The Morgan fingerprint density at radius 3 is 2.90 bits per heavy atom. The van der Waals surface area contributed by atoms with Crippen molar-refractivity contribution in [1.29, 1.82) is 0 Å². The molecule has 0 amide bonds. The van der Waals surface area contributed by atoms with Gasteiger partial charge in [0.25, 0.3) is 0 Å². The average molecular weight is 291 g/mol. The Kier molecular flexibility index (Phi) is 6.46. The number of nitrogens with one attached hydrogen (secondary N) is 1. The predicted octanol–water partition coefficient (Wildman–Crippen LogP) is 2.93. The van der Waals surface area contributed by atoms with E-state index >= 15 is 0 Å². The topological polar surface area (TPSA) is 37.4 Å². The highest BCUT2D eigenvalue weighted by Crippen LogP contribution is 2.21. The van der Waals surface area contributed by atoms with E-state index in [1.54, 1.807) is 0 Å². The van der Waals surface area contributed by atoms with Gasteiger partial charge in [-0.15, -0.1) is 0 Å². The lowest BCUT2D eigenvalue weighted by molar-refractivity contribution is 0.152. The first kappa shape index (κ1) is 16.2. The van der Waals surface area contributed by atoms with Crippen molar-refractivity contribution in [1.82, 2.24) is 10.3 Å². The van der Waals surface area contributed by atoms with Crippen molar-refractivity contribution in [2.75, 3.05) is 37.7 Å². The van der Waals surface area contributed by atoms with E-state index in [-0.39, 0.29) is 0 Å². The van der Waals surface area contributed by atoms with Gasteiger partial charge < -0.3 is 15.0 Å². The predicted molar refractivity (Wildman–Crippen MR) is 88.0 cm³/mol. The van der Waals surface area contributed by atoms with Gasteiger partial charge >= 0.3 is 0 Å². The van der Waals surface area contributed by atoms with Crippen LogP contribution >= 0.6 is 0 Å². The Labute approximate surface area is 128 Å². The zero-order valence-electron chi connectivity index (χ0n) is 13.7. The zero-order chi connectivity index (χ0) is 15.1. The molecule has 0 spiro atoms. The van der Waals surface area contributed by atoms with Crippen LogP contribution in [-0.2, 0) is 11.3 Å². The minimum absolute atomic E-state index is 0.457. The summed E-state index contributed by atoms with van der Waals surface area (Å²) in [5.41, 5.74) is 2.52. The number of hydrogen-bond acceptors (Lipinski definition) is 4. The summed E-state index contributed by atoms with van der Waals surface area (Å²) in [5, 5.41) is 3.49. The van der Waals surface area contributed by atoms with Crippen LogP contribution in [0.15, 0.2) is 12.1 Å². The molecule has 1 aromatic rings. The molecule has 2 rings (SSSR count). The first-order chi connectivity index (χ1) is 10.2. The monoisotopic (exact) mass is 291 g/mol. The molecule has 1 aromatic heterocycles. The molecule has 0 radical (unpaired) electrons. The Balaban J connectivity index is 2.17. The molecule has 0 aliphatic carbocycles. The summed E-state index contributed by atoms with van der Waals surface area (Å²) < 4.78 is 5.55. The summed E-state index contributed by atoms with van der Waals surface area (Å²) in [4.78, 5) is 7.23. The molecule has 4 heteroatoms. The lowest BCUT2D eigenvalue weighted by atomic mass is 10.1. The summed E-state index contributed by atoms with van der Waals surface area (Å²) in [6.45, 7) is 12.2. The van der Waals surface area contributed by atoms with Crippen molar-refractivity contribution < 1.29 is 4.74 Å². The molecule has 0 atom stereocenters. The molecule has 2 heterocycles. The first-order valence-corrected chi connectivity index (χ1v) is 8.25. The normalized spacial score (nSPS) is 16.3. The lowest BCUT2D eigenvalue weighted by Gasteiger charge is -2.23. The van der Waals surface area contributed by atoms with Gasteiger partial charge in [0.15, 0.2) is 0 Å². The number of nitrogens with zero attached hydrogens (tertiary/aromatic N) is 2. The van der Waals surface area contributed by atoms with Crippen molar-refractivity contribution in [2.45, 2.75) is 46.1 Å². The van der Waals surface area contributed by atoms with Gasteiger partial charge in [0, 0.05) is 31.9 Å². The zero-order valence-corrected chi connectivity index (χ0v) is 13.7. The van der Waals surface area contributed by atoms with Crippen LogP contribution in [0.5, 0.6) is 0 Å². The first-order valence-electron chi connectivity index (χ1n) is 8.25. The van der Waals surface area contributed by atoms with Gasteiger partial charge in [0.2, 0.25) is 0 Å². The molecule has 1 fully saturated rings. The molecule has 1 N–H and O–H groups in total. The lowest BCUT2D eigenvalue weighted by Crippen LogP contribution is -2.27. The van der Waals surface area contributed by atoms with Crippen LogP contribution in [0.2, 0.25) is 0 Å². The largest absolute Gasteiger partial charge is 0.380 e. The van der Waals surface area contributed by atoms with Crippen molar-refractivity contribution in [2.24, 2.45) is 0 Å². The molecule has 21 heavy (non-hydrogen) atoms. The van der Waals surface area contributed by atoms with Crippen molar-refractivity contribution in [3.8, 4) is 0 Å². The van der Waals surface area contributed by atoms with E-state index in [9.17, 15) is 0 Å². The van der Waals surface area contributed by atoms with Crippen LogP contribution in [-0.4, -0.2) is 37.8 Å². The highest BCUT2D eigenvalue weighted by Gasteiger charge is 2.14. The van der Waals surface area contributed by atoms with Crippen LogP contribution in [0.3, 0.4) is 0 Å². The van der Waals surface area contributed by atoms with Gasteiger partial charge in [0.1, 0.15) is 5.82 Å². The van der Waals surface area contributed by atoms with Gasteiger partial charge in [-0.2, -0.15) is 0 Å². The molecule has 0 saturated carbocycles. The summed E-state index contributed by atoms with van der Waals surface area (Å²) in [5.74, 6) is 1.57. The maximum atomic E-state index is 5.55. The van der Waals surface area contributed by atoms with Gasteiger partial charge in [-0.1, -0.05) is 20.8 Å². The third kappa shape index (κ3) is 4.97. The number of pyridine rings is 1. The smallest absolute Gasteiger partial charge is 0.129 e. The summed E-state index contributed by atoms with van der Waals surface area (Å²) in [7, 11) is 0. The van der Waals surface area contributed by atoms with Gasteiger partial charge in [-0.3, -0.25) is 0 Å². The second-order valence-electron chi connectivity index (χ2n) is 6.04. The van der Waals surface area contributed by atoms with E-state index in [0.29, 0.717) is 5.92 Å². The Bertz CT molecular complexity index is 426. The standard InChI is InChI=1S/C17H29N3O/c1-4-6-18-13-15-11-16(14(2)3)19-17(12-15)20-7-5-9-21-10-8-20/h11-12,14,18H,4-10,13H2,1-3H3. The minimum Gasteiger partial charge on any atom is -0.380 e. The number of aromatic nitrogens is 1. The molecule has 0 aromatic carbocycles. The second kappa shape index (κ2) is 8.35. The molecule has 0 unspecified atom stereocenters. The fourth-order valence-corrected chi connectivity index (χ4v) is 2.54. The molecule has 1 aliphatic rings. The van der Waals surface area contributed by atoms with Gasteiger partial charge in [0.05, 0.1) is 6.61 Å². The molecule has 1 aliphatic heterocycles. The molecule has 0 bridgehead atoms. The number of rotatable bonds is 6. The van der Waals surface area contributed by atoms with E-state index in [0.717, 1.165) is 51.6 Å². The van der Waals surface area contributed by atoms with Crippen LogP contribution in [0.4, 0.5) is 5.82 Å². The Morgan fingerprint density at radius 1 is 1.29 bits per heavy atom. The summed E-state index contributed by atoms with van der Waals surface area (Å²) in [6.07, 6.45) is 2.25. The van der Waals surface area contributed by atoms with Crippen LogP contribution in [0.25, 0.3) is 0 Å². The summed E-state index contributed by atoms with van der Waals surface area (Å²) in [6, 6.07) is 4.48. The SMILES string of the molecule is CCCNCc1cc(C(C)C)nc(N2CCCOCC2)c1. The van der Waals surface area contributed by atoms with E-state index in [2.05, 4.69) is 43.1 Å². The van der Waals surface area contributed by atoms with Crippen LogP contribution < -0.4 is 10.2 Å².